The molecule has 0 bridgehead atoms. The number of nitrogens with one attached hydrogen (secondary N) is 1. The lowest BCUT2D eigenvalue weighted by atomic mass is 9.87. The number of benzene rings is 1. The maximum absolute atomic E-state index is 12.3. The highest BCUT2D eigenvalue weighted by molar-refractivity contribution is 5.74. The van der Waals surface area contributed by atoms with Gasteiger partial charge in [0.1, 0.15) is 0 Å². The number of carbonyl (C=O) groups is 1. The minimum absolute atomic E-state index is 0.0122. The molecule has 0 aliphatic carbocycles. The second kappa shape index (κ2) is 10.6. The second-order valence-corrected chi connectivity index (χ2v) is 7.48. The largest absolute Gasteiger partial charge is 0.388 e. The number of rotatable bonds is 8. The van der Waals surface area contributed by atoms with Crippen molar-refractivity contribution in [1.82, 2.24) is 10.2 Å². The molecule has 27 heavy (non-hydrogen) atoms. The molecule has 0 radical (unpaired) electrons. The van der Waals surface area contributed by atoms with Crippen molar-refractivity contribution in [2.75, 3.05) is 39.5 Å². The summed E-state index contributed by atoms with van der Waals surface area (Å²) in [5.74, 6) is 0.211. The smallest absolute Gasteiger partial charge is 0.317 e. The summed E-state index contributed by atoms with van der Waals surface area (Å²) >= 11 is 0. The van der Waals surface area contributed by atoms with Crippen LogP contribution in [0.3, 0.4) is 0 Å². The van der Waals surface area contributed by atoms with Gasteiger partial charge in [-0.25, -0.2) is 4.79 Å². The topological polar surface area (TPSA) is 71.0 Å². The van der Waals surface area contributed by atoms with E-state index in [1.54, 1.807) is 0 Å². The fourth-order valence-corrected chi connectivity index (χ4v) is 3.81. The van der Waals surface area contributed by atoms with Crippen LogP contribution in [0.25, 0.3) is 0 Å². The Morgan fingerprint density at radius 2 is 2.04 bits per heavy atom. The van der Waals surface area contributed by atoms with Gasteiger partial charge in [0, 0.05) is 32.8 Å². The van der Waals surface area contributed by atoms with Crippen molar-refractivity contribution in [3.05, 3.63) is 35.9 Å². The van der Waals surface area contributed by atoms with Crippen molar-refractivity contribution in [2.45, 2.75) is 44.3 Å². The molecule has 0 spiro atoms. The van der Waals surface area contributed by atoms with Gasteiger partial charge in [0.05, 0.1) is 18.8 Å². The number of carbonyl (C=O) groups excluding carboxylic acids is 1. The molecule has 3 rings (SSSR count). The van der Waals surface area contributed by atoms with Crippen LogP contribution in [0, 0.1) is 5.92 Å². The van der Waals surface area contributed by atoms with Gasteiger partial charge in [-0.1, -0.05) is 30.3 Å². The predicted octanol–water partition coefficient (Wildman–Crippen LogP) is 2.73. The molecule has 2 N–H and O–H groups in total. The van der Waals surface area contributed by atoms with E-state index in [2.05, 4.69) is 5.32 Å². The number of likely N-dealkylation sites (tertiary alicyclic amines) is 1. The molecular formula is C21H32N2O4. The Bertz CT molecular complexity index is 555. The summed E-state index contributed by atoms with van der Waals surface area (Å²) in [5.41, 5.74) is 0.961. The van der Waals surface area contributed by atoms with Crippen LogP contribution >= 0.6 is 0 Å². The number of amides is 2. The van der Waals surface area contributed by atoms with Crippen LogP contribution in [0.15, 0.2) is 30.3 Å². The zero-order valence-electron chi connectivity index (χ0n) is 16.0. The average molecular weight is 376 g/mol. The van der Waals surface area contributed by atoms with Gasteiger partial charge in [-0.15, -0.1) is 0 Å². The molecule has 2 unspecified atom stereocenters. The highest BCUT2D eigenvalue weighted by Crippen LogP contribution is 2.30. The average Bonchev–Trinajstić information content (AvgIpc) is 3.24. The molecule has 1 aromatic carbocycles. The van der Waals surface area contributed by atoms with Crippen molar-refractivity contribution in [1.29, 1.82) is 0 Å². The summed E-state index contributed by atoms with van der Waals surface area (Å²) in [6.07, 6.45) is 4.49. The van der Waals surface area contributed by atoms with E-state index in [1.165, 1.54) is 0 Å². The van der Waals surface area contributed by atoms with Crippen LogP contribution in [-0.4, -0.2) is 61.6 Å². The molecular weight excluding hydrogens is 344 g/mol. The quantitative estimate of drug-likeness (QED) is 0.685. The Morgan fingerprint density at radius 1 is 1.26 bits per heavy atom. The molecule has 2 atom stereocenters. The van der Waals surface area contributed by atoms with Crippen molar-refractivity contribution in [2.24, 2.45) is 5.92 Å². The van der Waals surface area contributed by atoms with E-state index in [4.69, 9.17) is 9.47 Å². The molecule has 0 aromatic heterocycles. The fraction of sp³-hybridized carbons (Fsp3) is 0.667. The van der Waals surface area contributed by atoms with Gasteiger partial charge in [0.25, 0.3) is 0 Å². The van der Waals surface area contributed by atoms with Crippen LogP contribution in [0.2, 0.25) is 0 Å². The maximum Gasteiger partial charge on any atom is 0.317 e. The Kier molecular flexibility index (Phi) is 7.93. The van der Waals surface area contributed by atoms with Gasteiger partial charge in [-0.2, -0.15) is 0 Å². The summed E-state index contributed by atoms with van der Waals surface area (Å²) < 4.78 is 11.1. The van der Waals surface area contributed by atoms with Gasteiger partial charge < -0.3 is 24.8 Å². The molecule has 6 heteroatoms. The minimum atomic E-state index is -0.447. The Hall–Kier alpha value is -1.63. The summed E-state index contributed by atoms with van der Waals surface area (Å²) in [4.78, 5) is 14.1. The number of hydrogen-bond donors (Lipinski definition) is 2. The lowest BCUT2D eigenvalue weighted by molar-refractivity contribution is 0.0166. The fourth-order valence-electron chi connectivity index (χ4n) is 3.81. The lowest BCUT2D eigenvalue weighted by Crippen LogP contribution is -2.45. The number of urea groups is 1. The van der Waals surface area contributed by atoms with E-state index < -0.39 is 6.10 Å². The first kappa shape index (κ1) is 20.1. The third-order valence-corrected chi connectivity index (χ3v) is 5.48. The predicted molar refractivity (Wildman–Crippen MR) is 104 cm³/mol. The molecule has 2 aliphatic rings. The number of piperidine rings is 1. The summed E-state index contributed by atoms with van der Waals surface area (Å²) in [7, 11) is 0. The molecule has 0 saturated carbocycles. The van der Waals surface area contributed by atoms with Crippen LogP contribution in [0.4, 0.5) is 4.79 Å². The van der Waals surface area contributed by atoms with E-state index in [9.17, 15) is 9.90 Å². The third-order valence-electron chi connectivity index (χ3n) is 5.48. The maximum atomic E-state index is 12.3. The Balaban J connectivity index is 1.27. The van der Waals surface area contributed by atoms with Crippen LogP contribution in [0.1, 0.15) is 43.8 Å². The summed E-state index contributed by atoms with van der Waals surface area (Å²) in [6.45, 7) is 4.16. The number of aliphatic hydroxyl groups is 1. The molecule has 2 saturated heterocycles. The second-order valence-electron chi connectivity index (χ2n) is 7.48. The van der Waals surface area contributed by atoms with Gasteiger partial charge in [0.2, 0.25) is 0 Å². The van der Waals surface area contributed by atoms with E-state index in [0.717, 1.165) is 44.3 Å². The molecule has 150 valence electrons. The number of hydrogen-bond acceptors (Lipinski definition) is 4. The number of ether oxygens (including phenoxy) is 2. The van der Waals surface area contributed by atoms with E-state index >= 15 is 0 Å². The van der Waals surface area contributed by atoms with Crippen molar-refractivity contribution in [3.8, 4) is 0 Å². The van der Waals surface area contributed by atoms with E-state index in [-0.39, 0.29) is 18.1 Å². The first-order chi connectivity index (χ1) is 13.2. The molecule has 1 aromatic rings. The van der Waals surface area contributed by atoms with Crippen LogP contribution in [0.5, 0.6) is 0 Å². The van der Waals surface area contributed by atoms with Crippen molar-refractivity contribution < 1.29 is 19.4 Å². The Morgan fingerprint density at radius 3 is 2.74 bits per heavy atom. The van der Waals surface area contributed by atoms with Gasteiger partial charge in [0.15, 0.2) is 0 Å². The molecule has 2 heterocycles. The zero-order valence-corrected chi connectivity index (χ0v) is 16.0. The van der Waals surface area contributed by atoms with Crippen LogP contribution in [-0.2, 0) is 9.47 Å². The standard InChI is InChI=1S/C21H32N2O4/c24-20(17-6-2-1-3-7-17)18-9-12-23(13-10-18)21(25)22-11-5-14-26-16-19-8-4-15-27-19/h1-3,6-7,18-20,24H,4-5,8-16H2,(H,22,25). The summed E-state index contributed by atoms with van der Waals surface area (Å²) in [5, 5.41) is 13.5. The first-order valence-corrected chi connectivity index (χ1v) is 10.2. The summed E-state index contributed by atoms with van der Waals surface area (Å²) in [6, 6.07) is 9.77. The van der Waals surface area contributed by atoms with Crippen molar-refractivity contribution >= 4 is 6.03 Å². The molecule has 2 aliphatic heterocycles. The first-order valence-electron chi connectivity index (χ1n) is 10.2. The monoisotopic (exact) mass is 376 g/mol. The lowest BCUT2D eigenvalue weighted by Gasteiger charge is -2.34. The number of aliphatic hydroxyl groups excluding tert-OH is 1. The van der Waals surface area contributed by atoms with Crippen LogP contribution < -0.4 is 5.32 Å². The van der Waals surface area contributed by atoms with Crippen molar-refractivity contribution in [3.63, 3.8) is 0 Å². The SMILES string of the molecule is O=C(NCCCOCC1CCCO1)N1CCC(C(O)c2ccccc2)CC1. The highest BCUT2D eigenvalue weighted by Gasteiger charge is 2.28. The molecule has 2 fully saturated rings. The van der Waals surface area contributed by atoms with E-state index in [0.29, 0.717) is 32.8 Å². The molecule has 2 amide bonds. The Labute approximate surface area is 161 Å². The minimum Gasteiger partial charge on any atom is -0.388 e. The normalized spacial score (nSPS) is 22.0. The highest BCUT2D eigenvalue weighted by atomic mass is 16.5. The zero-order chi connectivity index (χ0) is 18.9. The van der Waals surface area contributed by atoms with Gasteiger partial charge >= 0.3 is 6.03 Å². The molecule has 6 nitrogen and oxygen atoms in total. The number of nitrogens with zero attached hydrogens (tertiary/aromatic N) is 1. The van der Waals surface area contributed by atoms with E-state index in [1.807, 2.05) is 35.2 Å². The third kappa shape index (κ3) is 6.19. The van der Waals surface area contributed by atoms with Gasteiger partial charge in [-0.05, 0) is 43.6 Å². The van der Waals surface area contributed by atoms with Gasteiger partial charge in [-0.3, -0.25) is 0 Å².